The van der Waals surface area contributed by atoms with E-state index in [1.807, 2.05) is 18.2 Å². The Bertz CT molecular complexity index is 560. The van der Waals surface area contributed by atoms with E-state index < -0.39 is 0 Å². The molecule has 0 aliphatic carbocycles. The van der Waals surface area contributed by atoms with Gasteiger partial charge in [-0.15, -0.1) is 11.6 Å². The third-order valence-electron chi connectivity index (χ3n) is 4.11. The molecular weight excluding hydrogens is 280 g/mol. The Morgan fingerprint density at radius 3 is 2.10 bits per heavy atom. The molecule has 21 heavy (non-hydrogen) atoms. The van der Waals surface area contributed by atoms with Crippen molar-refractivity contribution in [3.05, 3.63) is 65.7 Å². The van der Waals surface area contributed by atoms with E-state index in [0.29, 0.717) is 0 Å². The maximum atomic E-state index is 6.61. The summed E-state index contributed by atoms with van der Waals surface area (Å²) in [6, 6.07) is 19.1. The summed E-state index contributed by atoms with van der Waals surface area (Å²) in [5.74, 6) is 0. The fourth-order valence-electron chi connectivity index (χ4n) is 2.79. The minimum atomic E-state index is -0.0219. The molecule has 1 aliphatic heterocycles. The lowest BCUT2D eigenvalue weighted by Crippen LogP contribution is -2.46. The lowest BCUT2D eigenvalue weighted by Gasteiger charge is -2.38. The van der Waals surface area contributed by atoms with Crippen LogP contribution >= 0.6 is 11.6 Å². The molecule has 1 saturated heterocycles. The van der Waals surface area contributed by atoms with Crippen molar-refractivity contribution in [2.45, 2.75) is 12.4 Å². The molecule has 3 rings (SSSR count). The standard InChI is InChI=1S/C18H21ClN2/c1-15-7-9-17(10-8-15)20-11-13-21(14-12-20)18(19)16-5-3-2-4-6-16/h2-10,18H,11-14H2,1H3. The molecule has 1 atom stereocenters. The molecule has 2 aromatic rings. The zero-order chi connectivity index (χ0) is 14.7. The van der Waals surface area contributed by atoms with E-state index >= 15 is 0 Å². The van der Waals surface area contributed by atoms with Gasteiger partial charge in [-0.3, -0.25) is 4.90 Å². The fourth-order valence-corrected chi connectivity index (χ4v) is 3.13. The SMILES string of the molecule is Cc1ccc(N2CCN(C(Cl)c3ccccc3)CC2)cc1. The van der Waals surface area contributed by atoms with E-state index in [2.05, 4.69) is 53.1 Å². The van der Waals surface area contributed by atoms with Crippen molar-refractivity contribution in [1.29, 1.82) is 0 Å². The Morgan fingerprint density at radius 1 is 0.857 bits per heavy atom. The molecule has 0 bridgehead atoms. The molecule has 0 N–H and O–H groups in total. The monoisotopic (exact) mass is 300 g/mol. The van der Waals surface area contributed by atoms with Crippen molar-refractivity contribution >= 4 is 17.3 Å². The number of rotatable bonds is 3. The van der Waals surface area contributed by atoms with E-state index in [9.17, 15) is 0 Å². The number of aryl methyl sites for hydroxylation is 1. The topological polar surface area (TPSA) is 6.48 Å². The molecule has 0 aromatic heterocycles. The summed E-state index contributed by atoms with van der Waals surface area (Å²) in [5.41, 5.74) is 3.78. The van der Waals surface area contributed by atoms with Gasteiger partial charge in [-0.25, -0.2) is 0 Å². The zero-order valence-corrected chi connectivity index (χ0v) is 13.1. The van der Waals surface area contributed by atoms with Crippen LogP contribution in [0.1, 0.15) is 16.6 Å². The third-order valence-corrected chi connectivity index (χ3v) is 4.64. The van der Waals surface area contributed by atoms with Gasteiger partial charge < -0.3 is 4.90 Å². The van der Waals surface area contributed by atoms with Crippen LogP contribution in [-0.2, 0) is 0 Å². The first-order chi connectivity index (χ1) is 10.2. The quantitative estimate of drug-likeness (QED) is 0.623. The second kappa shape index (κ2) is 6.50. The van der Waals surface area contributed by atoms with E-state index in [0.717, 1.165) is 26.2 Å². The van der Waals surface area contributed by atoms with Gasteiger partial charge in [-0.1, -0.05) is 48.0 Å². The summed E-state index contributed by atoms with van der Waals surface area (Å²) in [7, 11) is 0. The Hall–Kier alpha value is -1.51. The lowest BCUT2D eigenvalue weighted by atomic mass is 10.1. The molecule has 0 amide bonds. The summed E-state index contributed by atoms with van der Waals surface area (Å²) >= 11 is 6.61. The molecule has 1 fully saturated rings. The highest BCUT2D eigenvalue weighted by atomic mass is 35.5. The van der Waals surface area contributed by atoms with Crippen LogP contribution in [0.3, 0.4) is 0 Å². The van der Waals surface area contributed by atoms with Crippen LogP contribution in [-0.4, -0.2) is 31.1 Å². The number of nitrogens with zero attached hydrogens (tertiary/aromatic N) is 2. The van der Waals surface area contributed by atoms with Gasteiger partial charge in [-0.2, -0.15) is 0 Å². The molecule has 0 saturated carbocycles. The molecule has 0 spiro atoms. The molecule has 2 aromatic carbocycles. The molecule has 1 aliphatic rings. The molecule has 1 heterocycles. The van der Waals surface area contributed by atoms with Gasteiger partial charge in [-0.05, 0) is 24.6 Å². The first kappa shape index (κ1) is 14.4. The maximum absolute atomic E-state index is 6.61. The highest BCUT2D eigenvalue weighted by Crippen LogP contribution is 2.27. The Balaban J connectivity index is 1.61. The van der Waals surface area contributed by atoms with Crippen LogP contribution in [0.4, 0.5) is 5.69 Å². The molecule has 110 valence electrons. The summed E-state index contributed by atoms with van der Waals surface area (Å²) in [6.45, 7) is 6.17. The van der Waals surface area contributed by atoms with Crippen LogP contribution in [0.25, 0.3) is 0 Å². The van der Waals surface area contributed by atoms with E-state index in [1.54, 1.807) is 0 Å². The number of piperazine rings is 1. The minimum Gasteiger partial charge on any atom is -0.369 e. The van der Waals surface area contributed by atoms with Gasteiger partial charge in [0.2, 0.25) is 0 Å². The van der Waals surface area contributed by atoms with Gasteiger partial charge in [0.05, 0.1) is 0 Å². The van der Waals surface area contributed by atoms with Gasteiger partial charge in [0.25, 0.3) is 0 Å². The van der Waals surface area contributed by atoms with Crippen LogP contribution in [0.15, 0.2) is 54.6 Å². The van der Waals surface area contributed by atoms with Gasteiger partial charge in [0.15, 0.2) is 0 Å². The maximum Gasteiger partial charge on any atom is 0.111 e. The highest BCUT2D eigenvalue weighted by Gasteiger charge is 2.23. The average molecular weight is 301 g/mol. The second-order valence-corrected chi connectivity index (χ2v) is 6.02. The van der Waals surface area contributed by atoms with E-state index in [-0.39, 0.29) is 5.50 Å². The van der Waals surface area contributed by atoms with Gasteiger partial charge >= 0.3 is 0 Å². The molecule has 2 nitrogen and oxygen atoms in total. The number of halogens is 1. The Labute approximate surface area is 131 Å². The number of hydrogen-bond donors (Lipinski definition) is 0. The first-order valence-electron chi connectivity index (χ1n) is 7.49. The normalized spacial score (nSPS) is 17.7. The second-order valence-electron chi connectivity index (χ2n) is 5.61. The largest absolute Gasteiger partial charge is 0.369 e. The smallest absolute Gasteiger partial charge is 0.111 e. The predicted molar refractivity (Wildman–Crippen MR) is 90.0 cm³/mol. The van der Waals surface area contributed by atoms with Crippen molar-refractivity contribution in [1.82, 2.24) is 4.90 Å². The molecule has 0 radical (unpaired) electrons. The lowest BCUT2D eigenvalue weighted by molar-refractivity contribution is 0.238. The number of anilines is 1. The van der Waals surface area contributed by atoms with Crippen LogP contribution in [0, 0.1) is 6.92 Å². The number of benzene rings is 2. The van der Waals surface area contributed by atoms with Gasteiger partial charge in [0, 0.05) is 31.9 Å². The minimum absolute atomic E-state index is 0.0219. The Morgan fingerprint density at radius 2 is 1.48 bits per heavy atom. The zero-order valence-electron chi connectivity index (χ0n) is 12.4. The van der Waals surface area contributed by atoms with Crippen LogP contribution in [0.2, 0.25) is 0 Å². The third kappa shape index (κ3) is 3.39. The molecule has 3 heteroatoms. The molecule has 1 unspecified atom stereocenters. The first-order valence-corrected chi connectivity index (χ1v) is 7.92. The van der Waals surface area contributed by atoms with Crippen molar-refractivity contribution in [2.24, 2.45) is 0 Å². The van der Waals surface area contributed by atoms with Crippen LogP contribution in [0.5, 0.6) is 0 Å². The summed E-state index contributed by atoms with van der Waals surface area (Å²) in [5, 5.41) is 0. The molecular formula is C18H21ClN2. The van der Waals surface area contributed by atoms with Crippen molar-refractivity contribution < 1.29 is 0 Å². The predicted octanol–water partition coefficient (Wildman–Crippen LogP) is 4.05. The summed E-state index contributed by atoms with van der Waals surface area (Å²) in [4.78, 5) is 4.78. The van der Waals surface area contributed by atoms with Crippen molar-refractivity contribution in [2.75, 3.05) is 31.1 Å². The van der Waals surface area contributed by atoms with Crippen molar-refractivity contribution in [3.8, 4) is 0 Å². The van der Waals surface area contributed by atoms with Crippen LogP contribution < -0.4 is 4.90 Å². The fraction of sp³-hybridized carbons (Fsp3) is 0.333. The summed E-state index contributed by atoms with van der Waals surface area (Å²) < 4.78 is 0. The Kier molecular flexibility index (Phi) is 4.47. The highest BCUT2D eigenvalue weighted by molar-refractivity contribution is 6.20. The number of alkyl halides is 1. The van der Waals surface area contributed by atoms with Crippen molar-refractivity contribution in [3.63, 3.8) is 0 Å². The van der Waals surface area contributed by atoms with Gasteiger partial charge in [0.1, 0.15) is 5.50 Å². The number of hydrogen-bond acceptors (Lipinski definition) is 2. The summed E-state index contributed by atoms with van der Waals surface area (Å²) in [6.07, 6.45) is 0. The van der Waals surface area contributed by atoms with E-state index in [4.69, 9.17) is 11.6 Å². The average Bonchev–Trinajstić information content (AvgIpc) is 2.56. The van der Waals surface area contributed by atoms with E-state index in [1.165, 1.54) is 16.8 Å².